The van der Waals surface area contributed by atoms with Crippen LogP contribution in [0, 0.1) is 10.8 Å². The molecule has 0 saturated carbocycles. The molecule has 0 aliphatic heterocycles. The van der Waals surface area contributed by atoms with E-state index in [1.165, 1.54) is 25.0 Å². The van der Waals surface area contributed by atoms with E-state index in [0.717, 1.165) is 31.3 Å². The van der Waals surface area contributed by atoms with E-state index in [0.29, 0.717) is 6.42 Å². The monoisotopic (exact) mass is 664 g/mol. The maximum Gasteiger partial charge on any atom is 0.357 e. The summed E-state index contributed by atoms with van der Waals surface area (Å²) in [7, 11) is -9.81. The van der Waals surface area contributed by atoms with E-state index < -0.39 is 58.1 Å². The van der Waals surface area contributed by atoms with Crippen molar-refractivity contribution in [3.05, 3.63) is 34.9 Å². The van der Waals surface area contributed by atoms with Crippen molar-refractivity contribution in [2.45, 2.75) is 146 Å². The van der Waals surface area contributed by atoms with Crippen molar-refractivity contribution in [1.82, 2.24) is 0 Å². The Morgan fingerprint density at radius 1 is 0.750 bits per heavy atom. The number of allylic oxidation sites excluding steroid dienone is 6. The summed E-state index contributed by atoms with van der Waals surface area (Å²) >= 11 is 0. The molecule has 256 valence electrons. The van der Waals surface area contributed by atoms with Gasteiger partial charge in [0.25, 0.3) is 10.1 Å². The molecule has 0 spiro atoms. The lowest BCUT2D eigenvalue weighted by molar-refractivity contribution is -0.176. The van der Waals surface area contributed by atoms with Crippen LogP contribution in [0.2, 0.25) is 0 Å². The lowest BCUT2D eigenvalue weighted by Crippen LogP contribution is -2.33. The van der Waals surface area contributed by atoms with Crippen LogP contribution in [0.1, 0.15) is 128 Å². The van der Waals surface area contributed by atoms with Crippen molar-refractivity contribution < 1.29 is 45.6 Å². The molecule has 0 aromatic rings. The standard InChI is InChI=1S/C32H57O10PS/c1-23(2)17-15-19-25(4)21-16-20-24(3)18-13-14-22-28(44(36,37)38)43(35,41-26(5)39-29(33)31(7,8)9)42-27(6)40-30(34)32(10,11)12/h17-18,21,26-28H,13-16,19-20,22H2,1-12H3,(H,36,37,38)/b24-18+,25-21+. The first-order valence-electron chi connectivity index (χ1n) is 15.2. The van der Waals surface area contributed by atoms with Crippen molar-refractivity contribution >= 4 is 29.7 Å². The summed E-state index contributed by atoms with van der Waals surface area (Å²) in [5.41, 5.74) is 1.89. The highest BCUT2D eigenvalue weighted by atomic mass is 32.2. The molecule has 10 nitrogen and oxygen atoms in total. The summed E-state index contributed by atoms with van der Waals surface area (Å²) in [6, 6.07) is 0. The van der Waals surface area contributed by atoms with Crippen LogP contribution in [-0.2, 0) is 42.8 Å². The summed E-state index contributed by atoms with van der Waals surface area (Å²) in [6.45, 7) is 20.4. The summed E-state index contributed by atoms with van der Waals surface area (Å²) in [5.74, 6) is -1.38. The molecule has 12 heteroatoms. The number of carbonyl (C=O) groups is 2. The first kappa shape index (κ1) is 42.2. The average Bonchev–Trinajstić information content (AvgIpc) is 2.81. The van der Waals surface area contributed by atoms with Crippen molar-refractivity contribution in [3.8, 4) is 0 Å². The third kappa shape index (κ3) is 17.6. The average molecular weight is 665 g/mol. The van der Waals surface area contributed by atoms with Gasteiger partial charge in [0.2, 0.25) is 12.6 Å². The number of hydrogen-bond acceptors (Lipinski definition) is 9. The fourth-order valence-electron chi connectivity index (χ4n) is 3.72. The second-order valence-electron chi connectivity index (χ2n) is 13.6. The molecular weight excluding hydrogens is 607 g/mol. The van der Waals surface area contributed by atoms with Crippen molar-refractivity contribution in [2.75, 3.05) is 0 Å². The number of rotatable bonds is 18. The summed E-state index contributed by atoms with van der Waals surface area (Å²) < 4.78 is 70.6. The van der Waals surface area contributed by atoms with Crippen LogP contribution >= 0.6 is 7.60 Å². The van der Waals surface area contributed by atoms with Crippen LogP contribution in [0.15, 0.2) is 34.9 Å². The van der Waals surface area contributed by atoms with E-state index in [4.69, 9.17) is 18.5 Å². The zero-order valence-corrected chi connectivity index (χ0v) is 30.6. The Morgan fingerprint density at radius 3 is 1.50 bits per heavy atom. The van der Waals surface area contributed by atoms with Crippen LogP contribution in [0.5, 0.6) is 0 Å². The molecule has 44 heavy (non-hydrogen) atoms. The minimum absolute atomic E-state index is 0.225. The van der Waals surface area contributed by atoms with Gasteiger partial charge in [-0.05, 0) is 128 Å². The molecule has 3 unspecified atom stereocenters. The number of unbranched alkanes of at least 4 members (excludes halogenated alkanes) is 1. The molecule has 0 aromatic heterocycles. The molecule has 0 rings (SSSR count). The Morgan fingerprint density at radius 2 is 1.14 bits per heavy atom. The summed E-state index contributed by atoms with van der Waals surface area (Å²) in [5, 5.41) is 0. The number of carbonyl (C=O) groups excluding carboxylic acids is 2. The van der Waals surface area contributed by atoms with Crippen LogP contribution in [0.25, 0.3) is 0 Å². The quantitative estimate of drug-likeness (QED) is 0.0377. The van der Waals surface area contributed by atoms with Gasteiger partial charge >= 0.3 is 19.5 Å². The molecular formula is C32H57O10PS. The van der Waals surface area contributed by atoms with Crippen LogP contribution in [0.4, 0.5) is 0 Å². The van der Waals surface area contributed by atoms with Crippen LogP contribution < -0.4 is 0 Å². The van der Waals surface area contributed by atoms with Gasteiger partial charge in [0, 0.05) is 0 Å². The Balaban J connectivity index is 5.75. The van der Waals surface area contributed by atoms with Gasteiger partial charge in [0.05, 0.1) is 10.8 Å². The maximum absolute atomic E-state index is 14.1. The summed E-state index contributed by atoms with van der Waals surface area (Å²) in [6.07, 6.45) is 7.54. The Labute approximate surface area is 266 Å². The molecule has 0 heterocycles. The third-order valence-corrected chi connectivity index (χ3v) is 11.0. The molecule has 1 N–H and O–H groups in total. The van der Waals surface area contributed by atoms with Gasteiger partial charge in [-0.3, -0.25) is 27.8 Å². The molecule has 0 aliphatic carbocycles. The lowest BCUT2D eigenvalue weighted by atomic mass is 9.97. The molecule has 0 bridgehead atoms. The van der Waals surface area contributed by atoms with Gasteiger partial charge in [0.15, 0.2) is 4.99 Å². The molecule has 0 amide bonds. The number of hydrogen-bond donors (Lipinski definition) is 1. The van der Waals surface area contributed by atoms with Gasteiger partial charge in [-0.25, -0.2) is 0 Å². The van der Waals surface area contributed by atoms with Gasteiger partial charge in [0.1, 0.15) is 0 Å². The topological polar surface area (TPSA) is 142 Å². The zero-order valence-electron chi connectivity index (χ0n) is 28.9. The highest BCUT2D eigenvalue weighted by molar-refractivity contribution is 7.94. The van der Waals surface area contributed by atoms with E-state index in [2.05, 4.69) is 32.9 Å². The Bertz CT molecular complexity index is 1140. The SMILES string of the molecule is CC(C)=CCC/C(C)=C/CC/C(C)=C/CCCC(P(=O)(OC(C)OC(=O)C(C)(C)C)OC(C)OC(=O)C(C)(C)C)S(=O)(=O)O. The van der Waals surface area contributed by atoms with Crippen LogP contribution in [0.3, 0.4) is 0 Å². The van der Waals surface area contributed by atoms with E-state index in [1.54, 1.807) is 41.5 Å². The minimum atomic E-state index is -4.99. The van der Waals surface area contributed by atoms with Crippen LogP contribution in [-0.4, -0.2) is 42.5 Å². The van der Waals surface area contributed by atoms with E-state index in [1.807, 2.05) is 13.0 Å². The summed E-state index contributed by atoms with van der Waals surface area (Å²) in [4.78, 5) is 22.8. The highest BCUT2D eigenvalue weighted by Crippen LogP contribution is 2.58. The third-order valence-electron chi connectivity index (χ3n) is 6.33. The minimum Gasteiger partial charge on any atom is -0.435 e. The fourth-order valence-corrected chi connectivity index (χ4v) is 7.52. The first-order valence-corrected chi connectivity index (χ1v) is 18.3. The van der Waals surface area contributed by atoms with Gasteiger partial charge in [-0.2, -0.15) is 8.42 Å². The second-order valence-corrected chi connectivity index (χ2v) is 17.6. The predicted octanol–water partition coefficient (Wildman–Crippen LogP) is 8.89. The smallest absolute Gasteiger partial charge is 0.357 e. The molecule has 3 atom stereocenters. The van der Waals surface area contributed by atoms with E-state index >= 15 is 0 Å². The molecule has 0 fully saturated rings. The van der Waals surface area contributed by atoms with Crippen molar-refractivity contribution in [3.63, 3.8) is 0 Å². The van der Waals surface area contributed by atoms with Crippen molar-refractivity contribution in [2.24, 2.45) is 10.8 Å². The molecule has 0 aromatic carbocycles. The molecule has 0 saturated heterocycles. The second kappa shape index (κ2) is 18.4. The Kier molecular flexibility index (Phi) is 17.6. The molecule has 0 aliphatic rings. The van der Waals surface area contributed by atoms with Crippen molar-refractivity contribution in [1.29, 1.82) is 0 Å². The van der Waals surface area contributed by atoms with Gasteiger partial charge in [-0.15, -0.1) is 0 Å². The maximum atomic E-state index is 14.1. The Hall–Kier alpha value is -1.78. The predicted molar refractivity (Wildman–Crippen MR) is 174 cm³/mol. The normalized spacial score (nSPS) is 16.8. The van der Waals surface area contributed by atoms with Gasteiger partial charge < -0.3 is 9.47 Å². The first-order chi connectivity index (χ1) is 19.9. The van der Waals surface area contributed by atoms with E-state index in [-0.39, 0.29) is 12.8 Å². The number of ether oxygens (including phenoxy) is 2. The largest absolute Gasteiger partial charge is 0.435 e. The van der Waals surface area contributed by atoms with Gasteiger partial charge in [-0.1, -0.05) is 34.9 Å². The number of esters is 2. The lowest BCUT2D eigenvalue weighted by Gasteiger charge is -2.30. The van der Waals surface area contributed by atoms with E-state index in [9.17, 15) is 27.1 Å². The zero-order chi connectivity index (χ0) is 34.5. The fraction of sp³-hybridized carbons (Fsp3) is 0.750. The molecule has 0 radical (unpaired) electrons. The highest BCUT2D eigenvalue weighted by Gasteiger charge is 2.48.